The second-order valence-electron chi connectivity index (χ2n) is 5.44. The first-order chi connectivity index (χ1) is 7.89. The van der Waals surface area contributed by atoms with Gasteiger partial charge in [0.2, 0.25) is 0 Å². The Morgan fingerprint density at radius 1 is 0.938 bits per heavy atom. The van der Waals surface area contributed by atoms with Crippen LogP contribution in [0.5, 0.6) is 0 Å². The minimum Gasteiger partial charge on any atom is -0.293 e. The molecule has 0 atom stereocenters. The van der Waals surface area contributed by atoms with Crippen molar-refractivity contribution in [1.82, 2.24) is 4.90 Å². The molecule has 3 rings (SSSR count). The Kier molecular flexibility index (Phi) is 2.72. The third-order valence-electron chi connectivity index (χ3n) is 4.49. The fourth-order valence-corrected chi connectivity index (χ4v) is 3.35. The smallest absolute Gasteiger partial charge is 0.0239 e. The molecule has 0 aromatic heterocycles. The molecule has 16 heavy (non-hydrogen) atoms. The summed E-state index contributed by atoms with van der Waals surface area (Å²) in [7, 11) is 0. The molecule has 1 aromatic rings. The lowest BCUT2D eigenvalue weighted by Crippen LogP contribution is -2.55. The van der Waals surface area contributed by atoms with Crippen LogP contribution >= 0.6 is 0 Å². The fourth-order valence-electron chi connectivity index (χ4n) is 3.35. The Morgan fingerprint density at radius 2 is 1.69 bits per heavy atom. The van der Waals surface area contributed by atoms with Crippen molar-refractivity contribution in [2.24, 2.45) is 0 Å². The van der Waals surface area contributed by atoms with Crippen molar-refractivity contribution in [2.45, 2.75) is 50.6 Å². The molecule has 86 valence electrons. The monoisotopic (exact) mass is 215 g/mol. The number of benzene rings is 1. The van der Waals surface area contributed by atoms with E-state index >= 15 is 0 Å². The van der Waals surface area contributed by atoms with Gasteiger partial charge in [-0.3, -0.25) is 4.90 Å². The van der Waals surface area contributed by atoms with Gasteiger partial charge in [-0.2, -0.15) is 0 Å². The summed E-state index contributed by atoms with van der Waals surface area (Å²) < 4.78 is 0. The van der Waals surface area contributed by atoms with Crippen LogP contribution in [0.4, 0.5) is 0 Å². The Morgan fingerprint density at radius 3 is 2.38 bits per heavy atom. The Labute approximate surface area is 98.5 Å². The first-order valence-electron chi connectivity index (χ1n) is 6.68. The van der Waals surface area contributed by atoms with E-state index in [9.17, 15) is 0 Å². The SMILES string of the molecule is c1ccc(CN2CCCCC23CCC3)cc1. The van der Waals surface area contributed by atoms with Crippen LogP contribution in [0.3, 0.4) is 0 Å². The normalized spacial score (nSPS) is 24.2. The third kappa shape index (κ3) is 1.78. The Bertz CT molecular complexity index is 340. The number of rotatable bonds is 2. The zero-order chi connectivity index (χ0) is 10.8. The minimum absolute atomic E-state index is 0.605. The molecule has 1 aliphatic heterocycles. The van der Waals surface area contributed by atoms with Crippen LogP contribution in [0.15, 0.2) is 30.3 Å². The number of nitrogens with zero attached hydrogens (tertiary/aromatic N) is 1. The zero-order valence-electron chi connectivity index (χ0n) is 9.99. The summed E-state index contributed by atoms with van der Waals surface area (Å²) in [5.41, 5.74) is 2.09. The van der Waals surface area contributed by atoms with Crippen molar-refractivity contribution < 1.29 is 0 Å². The molecule has 0 radical (unpaired) electrons. The van der Waals surface area contributed by atoms with Crippen LogP contribution in [-0.2, 0) is 6.54 Å². The van der Waals surface area contributed by atoms with Gasteiger partial charge in [0.25, 0.3) is 0 Å². The molecule has 1 aliphatic carbocycles. The molecule has 1 aromatic carbocycles. The maximum Gasteiger partial charge on any atom is 0.0239 e. The summed E-state index contributed by atoms with van der Waals surface area (Å²) in [5, 5.41) is 0. The van der Waals surface area contributed by atoms with Crippen molar-refractivity contribution in [3.8, 4) is 0 Å². The van der Waals surface area contributed by atoms with Crippen LogP contribution < -0.4 is 0 Å². The van der Waals surface area contributed by atoms with Gasteiger partial charge in [-0.25, -0.2) is 0 Å². The number of piperidine rings is 1. The molecule has 1 heteroatoms. The summed E-state index contributed by atoms with van der Waals surface area (Å²) in [4.78, 5) is 2.76. The average molecular weight is 215 g/mol. The van der Waals surface area contributed by atoms with Crippen LogP contribution in [-0.4, -0.2) is 17.0 Å². The highest BCUT2D eigenvalue weighted by Gasteiger charge is 2.43. The van der Waals surface area contributed by atoms with Gasteiger partial charge < -0.3 is 0 Å². The average Bonchev–Trinajstić information content (AvgIpc) is 2.29. The molecule has 0 N–H and O–H groups in total. The van der Waals surface area contributed by atoms with Crippen LogP contribution in [0.25, 0.3) is 0 Å². The molecule has 0 bridgehead atoms. The van der Waals surface area contributed by atoms with Gasteiger partial charge in [-0.15, -0.1) is 0 Å². The molecule has 1 spiro atoms. The minimum atomic E-state index is 0.605. The number of likely N-dealkylation sites (tertiary alicyclic amines) is 1. The van der Waals surface area contributed by atoms with Crippen LogP contribution in [0.1, 0.15) is 44.1 Å². The second-order valence-corrected chi connectivity index (χ2v) is 5.44. The van der Waals surface area contributed by atoms with Gasteiger partial charge in [0, 0.05) is 12.1 Å². The molecule has 2 aliphatic rings. The lowest BCUT2D eigenvalue weighted by molar-refractivity contribution is -0.0227. The lowest BCUT2D eigenvalue weighted by atomic mass is 9.70. The zero-order valence-corrected chi connectivity index (χ0v) is 9.99. The van der Waals surface area contributed by atoms with Crippen molar-refractivity contribution in [2.75, 3.05) is 6.54 Å². The number of hydrogen-bond acceptors (Lipinski definition) is 1. The molecule has 1 heterocycles. The first kappa shape index (κ1) is 10.3. The summed E-state index contributed by atoms with van der Waals surface area (Å²) in [6.45, 7) is 2.48. The predicted octanol–water partition coefficient (Wildman–Crippen LogP) is 3.60. The standard InChI is InChI=1S/C15H21N/c1-2-7-14(8-3-1)13-16-12-5-4-9-15(16)10-6-11-15/h1-3,7-8H,4-6,9-13H2. The number of hydrogen-bond donors (Lipinski definition) is 0. The summed E-state index contributed by atoms with van der Waals surface area (Å²) in [5.74, 6) is 0. The van der Waals surface area contributed by atoms with E-state index in [-0.39, 0.29) is 0 Å². The van der Waals surface area contributed by atoms with E-state index in [1.165, 1.54) is 57.2 Å². The highest BCUT2D eigenvalue weighted by molar-refractivity contribution is 5.15. The lowest BCUT2D eigenvalue weighted by Gasteiger charge is -2.53. The molecule has 0 unspecified atom stereocenters. The molecule has 2 fully saturated rings. The predicted molar refractivity (Wildman–Crippen MR) is 67.3 cm³/mol. The van der Waals surface area contributed by atoms with E-state index in [0.29, 0.717) is 5.54 Å². The first-order valence-corrected chi connectivity index (χ1v) is 6.68. The molecule has 1 saturated heterocycles. The van der Waals surface area contributed by atoms with Gasteiger partial charge in [0.15, 0.2) is 0 Å². The van der Waals surface area contributed by atoms with Gasteiger partial charge in [0.1, 0.15) is 0 Å². The van der Waals surface area contributed by atoms with E-state index in [1.54, 1.807) is 0 Å². The van der Waals surface area contributed by atoms with E-state index in [4.69, 9.17) is 0 Å². The van der Waals surface area contributed by atoms with E-state index in [2.05, 4.69) is 35.2 Å². The quantitative estimate of drug-likeness (QED) is 0.728. The Balaban J connectivity index is 1.73. The van der Waals surface area contributed by atoms with Gasteiger partial charge in [-0.1, -0.05) is 36.8 Å². The van der Waals surface area contributed by atoms with Crippen LogP contribution in [0, 0.1) is 0 Å². The summed E-state index contributed by atoms with van der Waals surface area (Å²) in [6, 6.07) is 11.0. The summed E-state index contributed by atoms with van der Waals surface area (Å²) >= 11 is 0. The second kappa shape index (κ2) is 4.21. The van der Waals surface area contributed by atoms with Crippen molar-refractivity contribution in [1.29, 1.82) is 0 Å². The highest BCUT2D eigenvalue weighted by Crippen LogP contribution is 2.44. The van der Waals surface area contributed by atoms with Gasteiger partial charge in [0.05, 0.1) is 0 Å². The largest absolute Gasteiger partial charge is 0.293 e. The molecule has 1 saturated carbocycles. The van der Waals surface area contributed by atoms with E-state index in [0.717, 1.165) is 0 Å². The molecule has 1 nitrogen and oxygen atoms in total. The molecular formula is C15H21N. The van der Waals surface area contributed by atoms with Gasteiger partial charge >= 0.3 is 0 Å². The van der Waals surface area contributed by atoms with Crippen molar-refractivity contribution in [3.05, 3.63) is 35.9 Å². The Hall–Kier alpha value is -0.820. The maximum absolute atomic E-state index is 2.76. The third-order valence-corrected chi connectivity index (χ3v) is 4.49. The van der Waals surface area contributed by atoms with Crippen molar-refractivity contribution in [3.63, 3.8) is 0 Å². The van der Waals surface area contributed by atoms with Crippen molar-refractivity contribution >= 4 is 0 Å². The van der Waals surface area contributed by atoms with E-state index < -0.39 is 0 Å². The van der Waals surface area contributed by atoms with Crippen LogP contribution in [0.2, 0.25) is 0 Å². The van der Waals surface area contributed by atoms with Gasteiger partial charge in [-0.05, 0) is 44.2 Å². The molecular weight excluding hydrogens is 194 g/mol. The fraction of sp³-hybridized carbons (Fsp3) is 0.600. The topological polar surface area (TPSA) is 3.24 Å². The van der Waals surface area contributed by atoms with E-state index in [1.807, 2.05) is 0 Å². The highest BCUT2D eigenvalue weighted by atomic mass is 15.2. The maximum atomic E-state index is 2.76. The molecule has 0 amide bonds. The summed E-state index contributed by atoms with van der Waals surface area (Å²) in [6.07, 6.45) is 8.63.